The Balaban J connectivity index is 3.08. The van der Waals surface area contributed by atoms with E-state index >= 15 is 0 Å². The second-order valence-electron chi connectivity index (χ2n) is 4.39. The average Bonchev–Trinajstić information content (AvgIpc) is 2.21. The van der Waals surface area contributed by atoms with Crippen LogP contribution >= 0.6 is 12.6 Å². The van der Waals surface area contributed by atoms with Crippen molar-refractivity contribution >= 4 is 18.4 Å². The highest BCUT2D eigenvalue weighted by Gasteiger charge is 2.06. The Morgan fingerprint density at radius 2 is 1.47 bits per heavy atom. The van der Waals surface area contributed by atoms with E-state index in [9.17, 15) is 4.79 Å². The summed E-state index contributed by atoms with van der Waals surface area (Å²) in [5, 5.41) is -0.0231. The summed E-state index contributed by atoms with van der Waals surface area (Å²) < 4.78 is 0. The van der Waals surface area contributed by atoms with Crippen LogP contribution in [0.4, 0.5) is 0 Å². The first-order valence-electron chi connectivity index (χ1n) is 6.37. The number of ketones is 1. The first-order valence-corrected chi connectivity index (χ1v) is 6.88. The monoisotopic (exact) mass is 230 g/mol. The van der Waals surface area contributed by atoms with E-state index in [0.717, 1.165) is 12.8 Å². The van der Waals surface area contributed by atoms with Gasteiger partial charge in [0.05, 0.1) is 5.25 Å². The molecular weight excluding hydrogens is 204 g/mol. The molecule has 0 aliphatic heterocycles. The molecule has 0 amide bonds. The molecular formula is C13H26OS. The van der Waals surface area contributed by atoms with Gasteiger partial charge in [0.25, 0.3) is 0 Å². The first kappa shape index (κ1) is 15.0. The predicted octanol–water partition coefficient (Wildman–Crippen LogP) is 4.40. The summed E-state index contributed by atoms with van der Waals surface area (Å²) in [4.78, 5) is 10.9. The molecule has 0 heterocycles. The number of rotatable bonds is 10. The lowest BCUT2D eigenvalue weighted by Gasteiger charge is -2.05. The maximum Gasteiger partial charge on any atom is 0.142 e. The van der Waals surface area contributed by atoms with Gasteiger partial charge in [-0.2, -0.15) is 12.6 Å². The van der Waals surface area contributed by atoms with Crippen molar-refractivity contribution in [2.45, 2.75) is 76.9 Å². The van der Waals surface area contributed by atoms with Gasteiger partial charge in [-0.1, -0.05) is 58.3 Å². The molecule has 0 aromatic rings. The summed E-state index contributed by atoms with van der Waals surface area (Å²) in [5.74, 6) is 0.210. The van der Waals surface area contributed by atoms with Crippen molar-refractivity contribution in [3.05, 3.63) is 0 Å². The van der Waals surface area contributed by atoms with Gasteiger partial charge in [0.1, 0.15) is 5.78 Å². The Hall–Kier alpha value is 0.0200. The van der Waals surface area contributed by atoms with Gasteiger partial charge in [0.15, 0.2) is 0 Å². The summed E-state index contributed by atoms with van der Waals surface area (Å²) in [7, 11) is 0. The van der Waals surface area contributed by atoms with E-state index in [1.807, 2.05) is 0 Å². The van der Waals surface area contributed by atoms with E-state index in [1.165, 1.54) is 44.9 Å². The molecule has 15 heavy (non-hydrogen) atoms. The van der Waals surface area contributed by atoms with E-state index in [1.54, 1.807) is 6.92 Å². The van der Waals surface area contributed by atoms with Crippen molar-refractivity contribution in [2.24, 2.45) is 0 Å². The molecule has 0 rings (SSSR count). The Labute approximate surface area is 100 Å². The summed E-state index contributed by atoms with van der Waals surface area (Å²) in [6.07, 6.45) is 11.5. The molecule has 0 aliphatic rings. The standard InChI is InChI=1S/C13H26OS/c1-3-4-5-6-7-8-9-10-11-13(15)12(2)14/h13,15H,3-11H2,1-2H3. The van der Waals surface area contributed by atoms with Gasteiger partial charge >= 0.3 is 0 Å². The van der Waals surface area contributed by atoms with Crippen molar-refractivity contribution in [1.29, 1.82) is 0 Å². The lowest BCUT2D eigenvalue weighted by Crippen LogP contribution is -2.09. The number of unbranched alkanes of at least 4 members (excludes halogenated alkanes) is 7. The van der Waals surface area contributed by atoms with Gasteiger partial charge in [0, 0.05) is 0 Å². The summed E-state index contributed by atoms with van der Waals surface area (Å²) in [5.41, 5.74) is 0. The van der Waals surface area contributed by atoms with Gasteiger partial charge in [-0.05, 0) is 13.3 Å². The third kappa shape index (κ3) is 10.3. The second kappa shape index (κ2) is 10.5. The molecule has 0 N–H and O–H groups in total. The SMILES string of the molecule is CCCCCCCCCCC(S)C(C)=O. The van der Waals surface area contributed by atoms with Gasteiger partial charge in [-0.3, -0.25) is 4.79 Å². The molecule has 1 atom stereocenters. The molecule has 0 radical (unpaired) electrons. The van der Waals surface area contributed by atoms with Crippen LogP contribution in [0, 0.1) is 0 Å². The molecule has 0 bridgehead atoms. The van der Waals surface area contributed by atoms with Crippen LogP contribution in [0.5, 0.6) is 0 Å². The van der Waals surface area contributed by atoms with E-state index in [4.69, 9.17) is 0 Å². The van der Waals surface area contributed by atoms with Crippen molar-refractivity contribution in [1.82, 2.24) is 0 Å². The summed E-state index contributed by atoms with van der Waals surface area (Å²) in [6.45, 7) is 3.87. The number of hydrogen-bond donors (Lipinski definition) is 1. The van der Waals surface area contributed by atoms with Crippen molar-refractivity contribution in [3.8, 4) is 0 Å². The maximum atomic E-state index is 10.9. The molecule has 0 spiro atoms. The molecule has 90 valence electrons. The molecule has 2 heteroatoms. The fourth-order valence-electron chi connectivity index (χ4n) is 1.67. The smallest absolute Gasteiger partial charge is 0.142 e. The third-order valence-electron chi connectivity index (χ3n) is 2.80. The fourth-order valence-corrected chi connectivity index (χ4v) is 1.86. The topological polar surface area (TPSA) is 17.1 Å². The number of carbonyl (C=O) groups is 1. The zero-order valence-electron chi connectivity index (χ0n) is 10.3. The minimum absolute atomic E-state index is 0.0231. The highest BCUT2D eigenvalue weighted by molar-refractivity contribution is 7.81. The molecule has 0 aliphatic carbocycles. The van der Waals surface area contributed by atoms with Crippen LogP contribution in [-0.2, 0) is 4.79 Å². The van der Waals surface area contributed by atoms with Crippen molar-refractivity contribution < 1.29 is 4.79 Å². The van der Waals surface area contributed by atoms with Gasteiger partial charge < -0.3 is 0 Å². The zero-order chi connectivity index (χ0) is 11.5. The Morgan fingerprint density at radius 1 is 1.00 bits per heavy atom. The Morgan fingerprint density at radius 3 is 1.93 bits per heavy atom. The Kier molecular flexibility index (Phi) is 10.5. The number of hydrogen-bond acceptors (Lipinski definition) is 2. The second-order valence-corrected chi connectivity index (χ2v) is 5.01. The zero-order valence-corrected chi connectivity index (χ0v) is 11.2. The van der Waals surface area contributed by atoms with Crippen LogP contribution in [0.15, 0.2) is 0 Å². The minimum atomic E-state index is -0.0231. The normalized spacial score (nSPS) is 12.7. The maximum absolute atomic E-state index is 10.9. The van der Waals surface area contributed by atoms with E-state index in [2.05, 4.69) is 19.6 Å². The molecule has 0 aromatic heterocycles. The van der Waals surface area contributed by atoms with Gasteiger partial charge in [-0.15, -0.1) is 0 Å². The highest BCUT2D eigenvalue weighted by atomic mass is 32.1. The molecule has 0 aromatic carbocycles. The largest absolute Gasteiger partial charge is 0.299 e. The van der Waals surface area contributed by atoms with Crippen molar-refractivity contribution in [3.63, 3.8) is 0 Å². The number of carbonyl (C=O) groups excluding carboxylic acids is 1. The lowest BCUT2D eigenvalue weighted by molar-refractivity contribution is -0.116. The van der Waals surface area contributed by atoms with E-state index < -0.39 is 0 Å². The van der Waals surface area contributed by atoms with Crippen LogP contribution in [0.2, 0.25) is 0 Å². The lowest BCUT2D eigenvalue weighted by atomic mass is 10.1. The minimum Gasteiger partial charge on any atom is -0.299 e. The van der Waals surface area contributed by atoms with Crippen LogP contribution in [0.25, 0.3) is 0 Å². The Bertz CT molecular complexity index is 157. The summed E-state index contributed by atoms with van der Waals surface area (Å²) >= 11 is 4.25. The fraction of sp³-hybridized carbons (Fsp3) is 0.923. The number of Topliss-reactive ketones (excluding diaryl/α,β-unsaturated/α-hetero) is 1. The third-order valence-corrected chi connectivity index (χ3v) is 3.42. The van der Waals surface area contributed by atoms with Gasteiger partial charge in [0.2, 0.25) is 0 Å². The summed E-state index contributed by atoms with van der Waals surface area (Å²) in [6, 6.07) is 0. The van der Waals surface area contributed by atoms with Crippen LogP contribution in [-0.4, -0.2) is 11.0 Å². The molecule has 0 saturated carbocycles. The van der Waals surface area contributed by atoms with Crippen LogP contribution in [0.3, 0.4) is 0 Å². The quantitative estimate of drug-likeness (QED) is 0.435. The first-order chi connectivity index (χ1) is 7.18. The van der Waals surface area contributed by atoms with Crippen molar-refractivity contribution in [2.75, 3.05) is 0 Å². The molecule has 1 unspecified atom stereocenters. The van der Waals surface area contributed by atoms with E-state index in [-0.39, 0.29) is 11.0 Å². The van der Waals surface area contributed by atoms with Crippen LogP contribution < -0.4 is 0 Å². The predicted molar refractivity (Wildman–Crippen MR) is 70.7 cm³/mol. The molecule has 0 saturated heterocycles. The van der Waals surface area contributed by atoms with Gasteiger partial charge in [-0.25, -0.2) is 0 Å². The average molecular weight is 230 g/mol. The van der Waals surface area contributed by atoms with Crippen LogP contribution in [0.1, 0.15) is 71.6 Å². The van der Waals surface area contributed by atoms with E-state index in [0.29, 0.717) is 0 Å². The molecule has 0 fully saturated rings. The highest BCUT2D eigenvalue weighted by Crippen LogP contribution is 2.12. The number of thiol groups is 1. The molecule has 1 nitrogen and oxygen atoms in total.